The molecule has 0 aliphatic rings. The summed E-state index contributed by atoms with van der Waals surface area (Å²) in [6.07, 6.45) is 3.34. The van der Waals surface area contributed by atoms with Crippen LogP contribution in [0.3, 0.4) is 0 Å². The molecule has 80 valence electrons. The Hall–Kier alpha value is -1.54. The Bertz CT molecular complexity index is 331. The van der Waals surface area contributed by atoms with E-state index in [4.69, 9.17) is 4.74 Å². The molecule has 0 fully saturated rings. The van der Waals surface area contributed by atoms with Gasteiger partial charge in [0.1, 0.15) is 12.4 Å². The number of para-hydroxylation sites is 1. The lowest BCUT2D eigenvalue weighted by Crippen LogP contribution is -2.01. The fourth-order valence-corrected chi connectivity index (χ4v) is 1.32. The van der Waals surface area contributed by atoms with Gasteiger partial charge in [-0.1, -0.05) is 36.9 Å². The van der Waals surface area contributed by atoms with Crippen molar-refractivity contribution in [2.24, 2.45) is 0 Å². The maximum atomic E-state index is 9.82. The van der Waals surface area contributed by atoms with Gasteiger partial charge in [-0.2, -0.15) is 0 Å². The summed E-state index contributed by atoms with van der Waals surface area (Å²) in [6, 6.07) is 7.45. The number of ether oxygens (including phenoxy) is 1. The predicted molar refractivity (Wildman–Crippen MR) is 61.9 cm³/mol. The minimum Gasteiger partial charge on any atom is -0.489 e. The molecule has 2 heteroatoms. The van der Waals surface area contributed by atoms with Crippen molar-refractivity contribution in [1.29, 1.82) is 0 Å². The van der Waals surface area contributed by atoms with Gasteiger partial charge >= 0.3 is 0 Å². The average molecular weight is 204 g/mol. The summed E-state index contributed by atoms with van der Waals surface area (Å²) in [5.74, 6) is 0.701. The molecule has 0 saturated heterocycles. The van der Waals surface area contributed by atoms with E-state index in [0.29, 0.717) is 18.8 Å². The summed E-state index contributed by atoms with van der Waals surface area (Å²) in [7, 11) is 0. The number of hydrogen-bond acceptors (Lipinski definition) is 2. The van der Waals surface area contributed by atoms with Crippen LogP contribution in [0.5, 0.6) is 5.75 Å². The van der Waals surface area contributed by atoms with Crippen molar-refractivity contribution in [3.8, 4) is 5.75 Å². The van der Waals surface area contributed by atoms with E-state index < -0.39 is 6.10 Å². The maximum absolute atomic E-state index is 9.82. The van der Waals surface area contributed by atoms with Crippen LogP contribution in [0.2, 0.25) is 0 Å². The molecule has 2 nitrogen and oxygen atoms in total. The van der Waals surface area contributed by atoms with E-state index in [2.05, 4.69) is 13.2 Å². The zero-order valence-electron chi connectivity index (χ0n) is 8.73. The zero-order valence-corrected chi connectivity index (χ0v) is 8.73. The molecule has 0 bridgehead atoms. The first-order valence-corrected chi connectivity index (χ1v) is 4.91. The highest BCUT2D eigenvalue weighted by molar-refractivity contribution is 5.35. The van der Waals surface area contributed by atoms with Crippen LogP contribution in [0.1, 0.15) is 18.1 Å². The first-order valence-electron chi connectivity index (χ1n) is 4.91. The molecule has 1 unspecified atom stereocenters. The monoisotopic (exact) mass is 204 g/mol. The lowest BCUT2D eigenvalue weighted by atomic mass is 10.1. The van der Waals surface area contributed by atoms with Gasteiger partial charge in [0.15, 0.2) is 0 Å². The van der Waals surface area contributed by atoms with Crippen molar-refractivity contribution in [2.45, 2.75) is 12.5 Å². The molecule has 0 saturated carbocycles. The van der Waals surface area contributed by atoms with E-state index in [0.717, 1.165) is 5.56 Å². The van der Waals surface area contributed by atoms with Gasteiger partial charge in [-0.3, -0.25) is 0 Å². The van der Waals surface area contributed by atoms with Gasteiger partial charge in [0.25, 0.3) is 0 Å². The highest BCUT2D eigenvalue weighted by atomic mass is 16.5. The predicted octanol–water partition coefficient (Wildman–Crippen LogP) is 2.86. The number of aliphatic hydroxyl groups excluding tert-OH is 1. The Balaban J connectivity index is 2.84. The fraction of sp³-hybridized carbons (Fsp3) is 0.231. The summed E-state index contributed by atoms with van der Waals surface area (Å²) >= 11 is 0. The van der Waals surface area contributed by atoms with Crippen LogP contribution in [-0.4, -0.2) is 11.7 Å². The molecular formula is C13H16O2. The molecular weight excluding hydrogens is 188 g/mol. The molecule has 0 heterocycles. The lowest BCUT2D eigenvalue weighted by molar-refractivity contribution is 0.176. The second-order valence-electron chi connectivity index (χ2n) is 3.18. The summed E-state index contributed by atoms with van der Waals surface area (Å²) in [4.78, 5) is 0. The standard InChI is InChI=1S/C13H16O2/c1-3-7-12(14)11-8-5-6-9-13(11)15-10-4-2/h3-6,8-9,12,14H,1-2,7,10H2. The van der Waals surface area contributed by atoms with Crippen molar-refractivity contribution >= 4 is 0 Å². The summed E-state index contributed by atoms with van der Waals surface area (Å²) in [5, 5.41) is 9.82. The average Bonchev–Trinajstić information content (AvgIpc) is 2.27. The number of rotatable bonds is 6. The van der Waals surface area contributed by atoms with Gasteiger partial charge in [-0.15, -0.1) is 6.58 Å². The van der Waals surface area contributed by atoms with Gasteiger partial charge in [0, 0.05) is 5.56 Å². The maximum Gasteiger partial charge on any atom is 0.125 e. The quantitative estimate of drug-likeness (QED) is 0.722. The van der Waals surface area contributed by atoms with Gasteiger partial charge in [0.05, 0.1) is 6.10 Å². The van der Waals surface area contributed by atoms with Gasteiger partial charge in [-0.25, -0.2) is 0 Å². The Morgan fingerprint density at radius 1 is 1.27 bits per heavy atom. The number of aliphatic hydroxyl groups is 1. The van der Waals surface area contributed by atoms with E-state index in [-0.39, 0.29) is 0 Å². The molecule has 15 heavy (non-hydrogen) atoms. The summed E-state index contributed by atoms with van der Waals surface area (Å²) < 4.78 is 5.44. The molecule has 1 N–H and O–H groups in total. The van der Waals surface area contributed by atoms with Gasteiger partial charge in [-0.05, 0) is 12.5 Å². The molecule has 0 radical (unpaired) electrons. The molecule has 0 aliphatic heterocycles. The largest absolute Gasteiger partial charge is 0.489 e. The third-order valence-electron chi connectivity index (χ3n) is 2.02. The molecule has 1 rings (SSSR count). The van der Waals surface area contributed by atoms with Crippen LogP contribution >= 0.6 is 0 Å². The second kappa shape index (κ2) is 6.04. The molecule has 1 atom stereocenters. The minimum atomic E-state index is -0.552. The Labute approximate surface area is 90.5 Å². The van der Waals surface area contributed by atoms with Crippen molar-refractivity contribution in [3.63, 3.8) is 0 Å². The molecule has 1 aromatic rings. The molecule has 0 amide bonds. The summed E-state index contributed by atoms with van der Waals surface area (Å²) in [6.45, 7) is 7.63. The molecule has 0 aliphatic carbocycles. The number of hydrogen-bond donors (Lipinski definition) is 1. The van der Waals surface area contributed by atoms with Gasteiger partial charge in [0.2, 0.25) is 0 Å². The van der Waals surface area contributed by atoms with E-state index in [1.54, 1.807) is 12.2 Å². The van der Waals surface area contributed by atoms with Gasteiger partial charge < -0.3 is 9.84 Å². The fourth-order valence-electron chi connectivity index (χ4n) is 1.32. The van der Waals surface area contributed by atoms with E-state index in [1.165, 1.54) is 0 Å². The zero-order chi connectivity index (χ0) is 11.1. The van der Waals surface area contributed by atoms with Crippen molar-refractivity contribution in [2.75, 3.05) is 6.61 Å². The van der Waals surface area contributed by atoms with Crippen molar-refractivity contribution in [3.05, 3.63) is 55.1 Å². The van der Waals surface area contributed by atoms with Crippen LogP contribution in [0, 0.1) is 0 Å². The number of benzene rings is 1. The third-order valence-corrected chi connectivity index (χ3v) is 2.02. The normalized spacial score (nSPS) is 11.8. The van der Waals surface area contributed by atoms with Crippen molar-refractivity contribution < 1.29 is 9.84 Å². The Morgan fingerprint density at radius 3 is 2.67 bits per heavy atom. The first kappa shape index (κ1) is 11.5. The first-order chi connectivity index (χ1) is 7.29. The third kappa shape index (κ3) is 3.26. The molecule has 1 aromatic carbocycles. The smallest absolute Gasteiger partial charge is 0.125 e. The highest BCUT2D eigenvalue weighted by Crippen LogP contribution is 2.27. The highest BCUT2D eigenvalue weighted by Gasteiger charge is 2.10. The SMILES string of the molecule is C=CCOc1ccccc1C(O)CC=C. The molecule has 0 spiro atoms. The second-order valence-corrected chi connectivity index (χ2v) is 3.18. The van der Waals surface area contributed by atoms with Crippen LogP contribution in [0.25, 0.3) is 0 Å². The van der Waals surface area contributed by atoms with E-state index in [9.17, 15) is 5.11 Å². The van der Waals surface area contributed by atoms with Crippen LogP contribution in [0.15, 0.2) is 49.6 Å². The minimum absolute atomic E-state index is 0.442. The Kier molecular flexibility index (Phi) is 4.64. The van der Waals surface area contributed by atoms with E-state index >= 15 is 0 Å². The van der Waals surface area contributed by atoms with Crippen LogP contribution < -0.4 is 4.74 Å². The van der Waals surface area contributed by atoms with Crippen LogP contribution in [-0.2, 0) is 0 Å². The van der Waals surface area contributed by atoms with Crippen molar-refractivity contribution in [1.82, 2.24) is 0 Å². The Morgan fingerprint density at radius 2 is 2.00 bits per heavy atom. The van der Waals surface area contributed by atoms with E-state index in [1.807, 2.05) is 24.3 Å². The summed E-state index contributed by atoms with van der Waals surface area (Å²) in [5.41, 5.74) is 0.791. The topological polar surface area (TPSA) is 29.5 Å². The molecule has 0 aromatic heterocycles. The lowest BCUT2D eigenvalue weighted by Gasteiger charge is -2.13. The van der Waals surface area contributed by atoms with Crippen LogP contribution in [0.4, 0.5) is 0 Å².